The lowest BCUT2D eigenvalue weighted by Gasteiger charge is -2.32. The minimum Gasteiger partial charge on any atom is -0.467 e. The van der Waals surface area contributed by atoms with E-state index in [9.17, 15) is 19.2 Å². The van der Waals surface area contributed by atoms with Crippen LogP contribution in [0.3, 0.4) is 0 Å². The van der Waals surface area contributed by atoms with E-state index in [4.69, 9.17) is 37.6 Å². The molecule has 4 heterocycles. The Morgan fingerprint density at radius 1 is 0.754 bits per heavy atom. The number of rotatable bonds is 8. The Kier molecular flexibility index (Phi) is 18.2. The number of ether oxygens (including phenoxy) is 4. The number of hydrogen-bond donors (Lipinski definition) is 0. The standard InChI is InChI=1S/C20H34BNO6.C14H21NO4.C6H12BO2.CH4/c1-18(2,3)26-17(24)22-13-11-14(15(22)16(23)25-8)10-9-12-21-27-19(4,5)20(6,7)28-21;1-6-7-10-8-9-15(11(10)12(16)18-5)13(17)19-14(2,3)4;1-5(2)6(3,4)9-7-8-5;/h11,15H,9-10,12-13H2,1-8H3;6,8,11H,1,7,9H2,2-5H3;1-4H3;1H4/t15-;11-;;/m00../s1. The van der Waals surface area contributed by atoms with Gasteiger partial charge in [-0.3, -0.25) is 9.80 Å². The van der Waals surface area contributed by atoms with Crippen LogP contribution in [0.1, 0.15) is 124 Å². The summed E-state index contributed by atoms with van der Waals surface area (Å²) in [6.07, 6.45) is 7.10. The van der Waals surface area contributed by atoms with Crippen molar-refractivity contribution < 1.29 is 56.7 Å². The number of esters is 2. The third kappa shape index (κ3) is 14.2. The minimum absolute atomic E-state index is 0. The molecule has 0 aromatic rings. The van der Waals surface area contributed by atoms with Gasteiger partial charge < -0.3 is 37.6 Å². The third-order valence-corrected chi connectivity index (χ3v) is 10.3. The number of carbonyl (C=O) groups excluding carboxylic acids is 4. The fraction of sp³-hybridized carbons (Fsp3) is 0.756. The Morgan fingerprint density at radius 2 is 1.14 bits per heavy atom. The van der Waals surface area contributed by atoms with Crippen molar-refractivity contribution in [3.05, 3.63) is 36.0 Å². The van der Waals surface area contributed by atoms with Gasteiger partial charge in [-0.2, -0.15) is 0 Å². The summed E-state index contributed by atoms with van der Waals surface area (Å²) in [6.45, 7) is 31.2. The summed E-state index contributed by atoms with van der Waals surface area (Å²) in [5.74, 6) is -0.915. The van der Waals surface area contributed by atoms with Gasteiger partial charge in [0, 0.05) is 13.1 Å². The Labute approximate surface area is 343 Å². The topological polar surface area (TPSA) is 149 Å². The van der Waals surface area contributed by atoms with E-state index in [1.165, 1.54) is 31.7 Å². The first-order valence-corrected chi connectivity index (χ1v) is 19.2. The number of amides is 2. The van der Waals surface area contributed by atoms with Crippen molar-refractivity contribution in [3.8, 4) is 0 Å². The molecule has 2 amide bonds. The fourth-order valence-corrected chi connectivity index (χ4v) is 5.75. The van der Waals surface area contributed by atoms with Gasteiger partial charge in [0.25, 0.3) is 0 Å². The van der Waals surface area contributed by atoms with E-state index in [2.05, 4.69) is 6.58 Å². The molecule has 4 aliphatic rings. The van der Waals surface area contributed by atoms with Gasteiger partial charge in [-0.05, 0) is 127 Å². The van der Waals surface area contributed by atoms with Crippen molar-refractivity contribution >= 4 is 38.9 Å². The zero-order valence-electron chi connectivity index (χ0n) is 36.8. The van der Waals surface area contributed by atoms with Crippen molar-refractivity contribution in [2.24, 2.45) is 0 Å². The Morgan fingerprint density at radius 3 is 1.47 bits per heavy atom. The maximum Gasteiger partial charge on any atom is 0.488 e. The summed E-state index contributed by atoms with van der Waals surface area (Å²) in [5, 5.41) is 0. The van der Waals surface area contributed by atoms with Gasteiger partial charge in [-0.1, -0.05) is 32.1 Å². The monoisotopic (exact) mass is 806 g/mol. The molecule has 0 spiro atoms. The average molecular weight is 806 g/mol. The molecule has 1 radical (unpaired) electrons. The summed E-state index contributed by atoms with van der Waals surface area (Å²) in [5.41, 5.74) is -0.628. The number of methoxy groups -OCH3 is 2. The predicted octanol–water partition coefficient (Wildman–Crippen LogP) is 7.62. The molecule has 0 aromatic carbocycles. The molecule has 14 nitrogen and oxygen atoms in total. The molecule has 2 atom stereocenters. The van der Waals surface area contributed by atoms with E-state index in [0.29, 0.717) is 32.3 Å². The van der Waals surface area contributed by atoms with Crippen molar-refractivity contribution in [3.63, 3.8) is 0 Å². The van der Waals surface area contributed by atoms with E-state index in [0.717, 1.165) is 17.6 Å². The molecule has 4 aliphatic heterocycles. The molecule has 0 saturated carbocycles. The molecular weight excluding hydrogens is 734 g/mol. The van der Waals surface area contributed by atoms with Crippen molar-refractivity contribution in [1.29, 1.82) is 0 Å². The maximum absolute atomic E-state index is 12.5. The second kappa shape index (κ2) is 20.1. The van der Waals surface area contributed by atoms with E-state index in [-0.39, 0.29) is 36.9 Å². The van der Waals surface area contributed by atoms with Crippen LogP contribution in [0.15, 0.2) is 36.0 Å². The second-order valence-corrected chi connectivity index (χ2v) is 18.1. The van der Waals surface area contributed by atoms with Crippen molar-refractivity contribution in [2.45, 2.75) is 176 Å². The van der Waals surface area contributed by atoms with Gasteiger partial charge in [0.15, 0.2) is 12.1 Å². The molecule has 0 bridgehead atoms. The molecule has 0 aromatic heterocycles. The van der Waals surface area contributed by atoms with Crippen LogP contribution in [0.25, 0.3) is 0 Å². The summed E-state index contributed by atoms with van der Waals surface area (Å²) in [6, 6.07) is -1.45. The van der Waals surface area contributed by atoms with Crippen LogP contribution in [0.5, 0.6) is 0 Å². The molecule has 4 rings (SSSR count). The average Bonchev–Trinajstić information content (AvgIpc) is 3.77. The molecular formula is C41H71B2N2O12. The Hall–Kier alpha value is -3.33. The lowest BCUT2D eigenvalue weighted by Crippen LogP contribution is -2.45. The SMILES string of the molecule is C.C=CCC1=CCN(C(=O)OC(C)(C)C)[C@@H]1C(=O)OC.CC1(C)O[B]OC1(C)C.COC(=O)[C@@H]1C(CCCB2OC(C)(C)C(C)(C)O2)=CCN1C(=O)OC(C)(C)C. The number of allylic oxidation sites excluding steroid dienone is 1. The fourth-order valence-electron chi connectivity index (χ4n) is 5.75. The summed E-state index contributed by atoms with van der Waals surface area (Å²) < 4.78 is 42.9. The van der Waals surface area contributed by atoms with Gasteiger partial charge in [0.05, 0.1) is 36.6 Å². The molecule has 2 saturated heterocycles. The van der Waals surface area contributed by atoms with Gasteiger partial charge in [-0.15, -0.1) is 6.58 Å². The van der Waals surface area contributed by atoms with Crippen LogP contribution in [0, 0.1) is 0 Å². The molecule has 2 fully saturated rings. The molecule has 16 heteroatoms. The van der Waals surface area contributed by atoms with Crippen molar-refractivity contribution in [2.75, 3.05) is 27.3 Å². The number of carbonyl (C=O) groups is 4. The highest BCUT2D eigenvalue weighted by molar-refractivity contribution is 6.45. The normalized spacial score (nSPS) is 22.6. The predicted molar refractivity (Wildman–Crippen MR) is 221 cm³/mol. The van der Waals surface area contributed by atoms with E-state index in [1.54, 1.807) is 47.6 Å². The zero-order valence-corrected chi connectivity index (χ0v) is 36.8. The number of hydrogen-bond acceptors (Lipinski definition) is 12. The van der Waals surface area contributed by atoms with Crippen LogP contribution in [0.4, 0.5) is 9.59 Å². The van der Waals surface area contributed by atoms with Gasteiger partial charge in [0.2, 0.25) is 0 Å². The smallest absolute Gasteiger partial charge is 0.467 e. The molecule has 0 N–H and O–H groups in total. The lowest BCUT2D eigenvalue weighted by atomic mass is 9.81. The first kappa shape index (κ1) is 51.7. The highest BCUT2D eigenvalue weighted by Crippen LogP contribution is 2.39. The summed E-state index contributed by atoms with van der Waals surface area (Å²) >= 11 is 0. The highest BCUT2D eigenvalue weighted by Gasteiger charge is 2.51. The zero-order chi connectivity index (χ0) is 43.1. The van der Waals surface area contributed by atoms with Gasteiger partial charge in [0.1, 0.15) is 11.2 Å². The summed E-state index contributed by atoms with van der Waals surface area (Å²) in [4.78, 5) is 51.5. The summed E-state index contributed by atoms with van der Waals surface area (Å²) in [7, 11) is 3.78. The molecule has 0 unspecified atom stereocenters. The number of nitrogens with zero attached hydrogens (tertiary/aromatic N) is 2. The van der Waals surface area contributed by atoms with Crippen LogP contribution in [0.2, 0.25) is 6.32 Å². The largest absolute Gasteiger partial charge is 0.488 e. The van der Waals surface area contributed by atoms with Crippen LogP contribution in [-0.4, -0.2) is 122 Å². The maximum atomic E-state index is 12.5. The van der Waals surface area contributed by atoms with Crippen LogP contribution < -0.4 is 0 Å². The van der Waals surface area contributed by atoms with Crippen LogP contribution in [-0.2, 0) is 47.2 Å². The highest BCUT2D eigenvalue weighted by atomic mass is 16.7. The second-order valence-electron chi connectivity index (χ2n) is 18.1. The lowest BCUT2D eigenvalue weighted by molar-refractivity contribution is -0.145. The third-order valence-electron chi connectivity index (χ3n) is 10.3. The van der Waals surface area contributed by atoms with Gasteiger partial charge in [-0.25, -0.2) is 19.2 Å². The van der Waals surface area contributed by atoms with E-state index in [1.807, 2.05) is 67.5 Å². The molecule has 323 valence electrons. The Balaban J connectivity index is 0.000000481. The first-order valence-electron chi connectivity index (χ1n) is 19.2. The first-order chi connectivity index (χ1) is 25.5. The van der Waals surface area contributed by atoms with Gasteiger partial charge >= 0.3 is 38.9 Å². The molecule has 57 heavy (non-hydrogen) atoms. The van der Waals surface area contributed by atoms with Crippen molar-refractivity contribution in [1.82, 2.24) is 9.80 Å². The molecule has 0 aliphatic carbocycles. The van der Waals surface area contributed by atoms with E-state index < -0.39 is 47.4 Å². The minimum atomic E-state index is -0.738. The van der Waals surface area contributed by atoms with E-state index >= 15 is 0 Å². The quantitative estimate of drug-likeness (QED) is 0.103. The Bertz CT molecular complexity index is 1450. The van der Waals surface area contributed by atoms with Crippen LogP contribution >= 0.6 is 0 Å².